The van der Waals surface area contributed by atoms with Crippen LogP contribution in [0.2, 0.25) is 0 Å². The molecular weight excluding hydrogens is 302 g/mol. The van der Waals surface area contributed by atoms with Crippen molar-refractivity contribution in [1.29, 1.82) is 0 Å². The molecule has 0 bridgehead atoms. The Morgan fingerprint density at radius 3 is 2.54 bits per heavy atom. The van der Waals surface area contributed by atoms with Crippen molar-refractivity contribution < 1.29 is 14.7 Å². The van der Waals surface area contributed by atoms with Gasteiger partial charge in [-0.3, -0.25) is 14.5 Å². The molecule has 0 aromatic heterocycles. The summed E-state index contributed by atoms with van der Waals surface area (Å²) in [5.74, 6) is 1.58. The van der Waals surface area contributed by atoms with Crippen molar-refractivity contribution in [2.24, 2.45) is 0 Å². The number of aliphatic hydroxyl groups is 1. The number of hydrogen-bond acceptors (Lipinski definition) is 3. The van der Waals surface area contributed by atoms with Crippen molar-refractivity contribution >= 4 is 17.4 Å². The molecule has 0 fully saturated rings. The Hall–Kier alpha value is -2.90. The molecule has 4 heteroatoms. The molecule has 0 saturated carbocycles. The molecule has 1 unspecified atom stereocenters. The highest BCUT2D eigenvalue weighted by molar-refractivity contribution is 6.11. The van der Waals surface area contributed by atoms with Crippen molar-refractivity contribution in [3.05, 3.63) is 65.2 Å². The summed E-state index contributed by atoms with van der Waals surface area (Å²) in [6.45, 7) is 1.98. The van der Waals surface area contributed by atoms with Gasteiger partial charge in [-0.05, 0) is 13.0 Å². The van der Waals surface area contributed by atoms with Gasteiger partial charge in [0.15, 0.2) is 11.4 Å². The smallest absolute Gasteiger partial charge is 0.265 e. The van der Waals surface area contributed by atoms with Crippen LogP contribution in [0.15, 0.2) is 48.5 Å². The van der Waals surface area contributed by atoms with Crippen LogP contribution < -0.4 is 4.90 Å². The third-order valence-electron chi connectivity index (χ3n) is 4.28. The Morgan fingerprint density at radius 1 is 1.21 bits per heavy atom. The van der Waals surface area contributed by atoms with E-state index >= 15 is 0 Å². The zero-order chi connectivity index (χ0) is 17.3. The predicted molar refractivity (Wildman–Crippen MR) is 91.7 cm³/mol. The second kappa shape index (κ2) is 5.95. The molecule has 2 aromatic carbocycles. The van der Waals surface area contributed by atoms with Crippen molar-refractivity contribution in [3.63, 3.8) is 0 Å². The van der Waals surface area contributed by atoms with Crippen molar-refractivity contribution in [3.8, 4) is 12.3 Å². The van der Waals surface area contributed by atoms with Gasteiger partial charge in [-0.1, -0.05) is 53.9 Å². The average Bonchev–Trinajstić information content (AvgIpc) is 2.78. The first-order valence-electron chi connectivity index (χ1n) is 7.64. The SMILES string of the molecule is C#CCN1C(=O)C(O)(CC(=O)c2ccc(C)cc2)c2ccccc21. The predicted octanol–water partition coefficient (Wildman–Crippen LogP) is 2.44. The van der Waals surface area contributed by atoms with Gasteiger partial charge in [0.2, 0.25) is 0 Å². The normalized spacial score (nSPS) is 19.0. The van der Waals surface area contributed by atoms with E-state index in [1.165, 1.54) is 4.90 Å². The van der Waals surface area contributed by atoms with Crippen molar-refractivity contribution in [2.75, 3.05) is 11.4 Å². The molecule has 2 aromatic rings. The molecule has 1 amide bonds. The third-order valence-corrected chi connectivity index (χ3v) is 4.28. The number of terminal acetylenes is 1. The lowest BCUT2D eigenvalue weighted by molar-refractivity contribution is -0.135. The molecule has 1 N–H and O–H groups in total. The standard InChI is InChI=1S/C20H17NO3/c1-3-12-21-17-7-5-4-6-16(17)20(24,19(21)23)13-18(22)15-10-8-14(2)9-11-15/h1,4-11,24H,12-13H2,2H3. The van der Waals surface area contributed by atoms with Gasteiger partial charge in [-0.15, -0.1) is 6.42 Å². The number of nitrogens with zero attached hydrogens (tertiary/aromatic N) is 1. The van der Waals surface area contributed by atoms with Gasteiger partial charge >= 0.3 is 0 Å². The lowest BCUT2D eigenvalue weighted by Crippen LogP contribution is -2.42. The van der Waals surface area contributed by atoms with Crippen LogP contribution in [-0.2, 0) is 10.4 Å². The van der Waals surface area contributed by atoms with E-state index in [1.54, 1.807) is 36.4 Å². The van der Waals surface area contributed by atoms with Gasteiger partial charge in [-0.25, -0.2) is 0 Å². The van der Waals surface area contributed by atoms with Crippen LogP contribution in [0.3, 0.4) is 0 Å². The number of benzene rings is 2. The van der Waals surface area contributed by atoms with Crippen LogP contribution in [0.4, 0.5) is 5.69 Å². The molecular formula is C20H17NO3. The maximum Gasteiger partial charge on any atom is 0.265 e. The largest absolute Gasteiger partial charge is 0.375 e. The van der Waals surface area contributed by atoms with Crippen LogP contribution in [0.25, 0.3) is 0 Å². The molecule has 1 aliphatic rings. The Balaban J connectivity index is 1.97. The second-order valence-corrected chi connectivity index (χ2v) is 5.94. The summed E-state index contributed by atoms with van der Waals surface area (Å²) in [6.07, 6.45) is 5.02. The van der Waals surface area contributed by atoms with Gasteiger partial charge < -0.3 is 5.11 Å². The summed E-state index contributed by atoms with van der Waals surface area (Å²) >= 11 is 0. The lowest BCUT2D eigenvalue weighted by atomic mass is 9.88. The van der Waals surface area contributed by atoms with E-state index in [4.69, 9.17) is 6.42 Å². The summed E-state index contributed by atoms with van der Waals surface area (Å²) < 4.78 is 0. The van der Waals surface area contributed by atoms with Gasteiger partial charge in [0.25, 0.3) is 5.91 Å². The highest BCUT2D eigenvalue weighted by Gasteiger charge is 2.50. The fourth-order valence-electron chi connectivity index (χ4n) is 3.00. The number of anilines is 1. The quantitative estimate of drug-likeness (QED) is 0.695. The maximum absolute atomic E-state index is 12.7. The molecule has 120 valence electrons. The van der Waals surface area contributed by atoms with Crippen LogP contribution in [-0.4, -0.2) is 23.3 Å². The van der Waals surface area contributed by atoms with E-state index in [-0.39, 0.29) is 18.7 Å². The number of aryl methyl sites for hydroxylation is 1. The van der Waals surface area contributed by atoms with Gasteiger partial charge in [-0.2, -0.15) is 0 Å². The minimum absolute atomic E-state index is 0.0525. The van der Waals surface area contributed by atoms with E-state index in [2.05, 4.69) is 5.92 Å². The minimum Gasteiger partial charge on any atom is -0.375 e. The fourth-order valence-corrected chi connectivity index (χ4v) is 3.00. The van der Waals surface area contributed by atoms with E-state index in [0.717, 1.165) is 5.56 Å². The second-order valence-electron chi connectivity index (χ2n) is 5.94. The van der Waals surface area contributed by atoms with Gasteiger partial charge in [0.05, 0.1) is 18.7 Å². The molecule has 4 nitrogen and oxygen atoms in total. The summed E-state index contributed by atoms with van der Waals surface area (Å²) in [5, 5.41) is 11.0. The van der Waals surface area contributed by atoms with E-state index in [0.29, 0.717) is 16.8 Å². The Labute approximate surface area is 140 Å². The summed E-state index contributed by atoms with van der Waals surface area (Å²) in [6, 6.07) is 13.9. The number of fused-ring (bicyclic) bond motifs is 1. The van der Waals surface area contributed by atoms with Gasteiger partial charge in [0.1, 0.15) is 0 Å². The molecule has 1 atom stereocenters. The van der Waals surface area contributed by atoms with Gasteiger partial charge in [0, 0.05) is 11.1 Å². The summed E-state index contributed by atoms with van der Waals surface area (Å²) in [7, 11) is 0. The highest BCUT2D eigenvalue weighted by Crippen LogP contribution is 2.42. The van der Waals surface area contributed by atoms with Crippen molar-refractivity contribution in [1.82, 2.24) is 0 Å². The molecule has 24 heavy (non-hydrogen) atoms. The number of amides is 1. The number of carbonyl (C=O) groups is 2. The van der Waals surface area contributed by atoms with Crippen LogP contribution >= 0.6 is 0 Å². The van der Waals surface area contributed by atoms with E-state index in [1.807, 2.05) is 19.1 Å². The number of hydrogen-bond donors (Lipinski definition) is 1. The molecule has 0 spiro atoms. The molecule has 0 aliphatic carbocycles. The summed E-state index contributed by atoms with van der Waals surface area (Å²) in [5.41, 5.74) is 0.600. The van der Waals surface area contributed by atoms with Crippen LogP contribution in [0, 0.1) is 19.3 Å². The summed E-state index contributed by atoms with van der Waals surface area (Å²) in [4.78, 5) is 26.6. The first kappa shape index (κ1) is 16.0. The highest BCUT2D eigenvalue weighted by atomic mass is 16.3. The zero-order valence-corrected chi connectivity index (χ0v) is 13.3. The van der Waals surface area contributed by atoms with Crippen molar-refractivity contribution in [2.45, 2.75) is 18.9 Å². The lowest BCUT2D eigenvalue weighted by Gasteiger charge is -2.21. The number of para-hydroxylation sites is 1. The zero-order valence-electron chi connectivity index (χ0n) is 13.3. The van der Waals surface area contributed by atoms with Crippen LogP contribution in [0.1, 0.15) is 27.9 Å². The average molecular weight is 319 g/mol. The maximum atomic E-state index is 12.7. The molecule has 0 saturated heterocycles. The Kier molecular flexibility index (Phi) is 3.96. The fraction of sp³-hybridized carbons (Fsp3) is 0.200. The minimum atomic E-state index is -1.88. The molecule has 1 aliphatic heterocycles. The number of ketones is 1. The Bertz CT molecular complexity index is 848. The number of Topliss-reactive ketones (excluding diaryl/α,β-unsaturated/α-hetero) is 1. The monoisotopic (exact) mass is 319 g/mol. The molecule has 0 radical (unpaired) electrons. The van der Waals surface area contributed by atoms with Crippen LogP contribution in [0.5, 0.6) is 0 Å². The van der Waals surface area contributed by atoms with E-state index in [9.17, 15) is 14.7 Å². The molecule has 3 rings (SSSR count). The first-order chi connectivity index (χ1) is 11.5. The Morgan fingerprint density at radius 2 is 1.88 bits per heavy atom. The number of carbonyl (C=O) groups excluding carboxylic acids is 2. The number of rotatable bonds is 4. The van der Waals surface area contributed by atoms with E-state index < -0.39 is 11.5 Å². The first-order valence-corrected chi connectivity index (χ1v) is 7.64. The molecule has 1 heterocycles. The third kappa shape index (κ3) is 2.49. The topological polar surface area (TPSA) is 57.6 Å².